The third kappa shape index (κ3) is 1.20. The van der Waals surface area contributed by atoms with Crippen LogP contribution in [0, 0.1) is 6.92 Å². The molecule has 16 heavy (non-hydrogen) atoms. The summed E-state index contributed by atoms with van der Waals surface area (Å²) >= 11 is 0. The van der Waals surface area contributed by atoms with Crippen molar-refractivity contribution in [1.82, 2.24) is 20.1 Å². The molecule has 0 spiro atoms. The lowest BCUT2D eigenvalue weighted by atomic mass is 10.1. The van der Waals surface area contributed by atoms with Crippen molar-refractivity contribution >= 4 is 5.78 Å². The Hall–Kier alpha value is -1.95. The Bertz CT molecular complexity index is 541. The van der Waals surface area contributed by atoms with Crippen LogP contribution in [-0.4, -0.2) is 27.1 Å². The van der Waals surface area contributed by atoms with E-state index in [4.69, 9.17) is 4.42 Å². The zero-order valence-corrected chi connectivity index (χ0v) is 8.73. The van der Waals surface area contributed by atoms with Gasteiger partial charge in [-0.25, -0.2) is 4.98 Å². The van der Waals surface area contributed by atoms with E-state index in [1.54, 1.807) is 10.9 Å². The number of carbonyl (C=O) groups excluding carboxylic acids is 1. The largest absolute Gasteiger partial charge is 0.431 e. The minimum Gasteiger partial charge on any atom is -0.431 e. The van der Waals surface area contributed by atoms with Crippen molar-refractivity contribution in [3.05, 3.63) is 29.4 Å². The van der Waals surface area contributed by atoms with Gasteiger partial charge in [0.15, 0.2) is 5.78 Å². The number of hydrogen-bond acceptors (Lipinski definition) is 5. The van der Waals surface area contributed by atoms with E-state index in [-0.39, 0.29) is 5.78 Å². The maximum atomic E-state index is 11.7. The van der Waals surface area contributed by atoms with Gasteiger partial charge in [0.2, 0.25) is 0 Å². The van der Waals surface area contributed by atoms with Crippen LogP contribution < -0.4 is 5.32 Å². The summed E-state index contributed by atoms with van der Waals surface area (Å²) < 4.78 is 6.74. The predicted octanol–water partition coefficient (Wildman–Crippen LogP) is 0.455. The van der Waals surface area contributed by atoms with Crippen LogP contribution in [-0.2, 0) is 6.54 Å². The molecule has 3 heterocycles. The van der Waals surface area contributed by atoms with Crippen LogP contribution in [0.15, 0.2) is 16.9 Å². The second-order valence-corrected chi connectivity index (χ2v) is 3.66. The molecular formula is C10H10N4O2. The smallest absolute Gasteiger partial charge is 0.322 e. The number of rotatable bonds is 1. The maximum absolute atomic E-state index is 11.7. The first-order chi connectivity index (χ1) is 7.77. The number of Topliss-reactive ketones (excluding diaryl/α,β-unsaturated/α-hetero) is 1. The van der Waals surface area contributed by atoms with Gasteiger partial charge < -0.3 is 9.73 Å². The molecule has 0 saturated carbocycles. The summed E-state index contributed by atoms with van der Waals surface area (Å²) in [4.78, 5) is 15.7. The zero-order chi connectivity index (χ0) is 11.1. The van der Waals surface area contributed by atoms with E-state index in [9.17, 15) is 4.79 Å². The molecule has 6 nitrogen and oxygen atoms in total. The molecule has 0 aromatic carbocycles. The number of carbonyl (C=O) groups is 1. The van der Waals surface area contributed by atoms with Crippen molar-refractivity contribution in [1.29, 1.82) is 0 Å². The first kappa shape index (κ1) is 9.29. The molecule has 0 amide bonds. The molecule has 0 unspecified atom stereocenters. The third-order valence-corrected chi connectivity index (χ3v) is 2.65. The first-order valence-corrected chi connectivity index (χ1v) is 4.99. The van der Waals surface area contributed by atoms with Crippen LogP contribution in [0.4, 0.5) is 0 Å². The van der Waals surface area contributed by atoms with Crippen LogP contribution in [0.2, 0.25) is 0 Å². The van der Waals surface area contributed by atoms with E-state index in [0.717, 1.165) is 11.4 Å². The lowest BCUT2D eigenvalue weighted by Gasteiger charge is -2.09. The highest BCUT2D eigenvalue weighted by Gasteiger charge is 2.25. The monoisotopic (exact) mass is 218 g/mol. The Morgan fingerprint density at radius 1 is 1.50 bits per heavy atom. The van der Waals surface area contributed by atoms with E-state index in [2.05, 4.69) is 15.4 Å². The molecule has 0 radical (unpaired) electrons. The van der Waals surface area contributed by atoms with E-state index < -0.39 is 0 Å². The maximum Gasteiger partial charge on any atom is 0.322 e. The first-order valence-electron chi connectivity index (χ1n) is 4.99. The lowest BCUT2D eigenvalue weighted by Crippen LogP contribution is -2.29. The molecule has 0 aliphatic carbocycles. The zero-order valence-electron chi connectivity index (χ0n) is 8.73. The quantitative estimate of drug-likeness (QED) is 0.752. The summed E-state index contributed by atoms with van der Waals surface area (Å²) in [7, 11) is 0. The van der Waals surface area contributed by atoms with E-state index in [1.807, 2.05) is 6.92 Å². The van der Waals surface area contributed by atoms with Crippen LogP contribution in [0.5, 0.6) is 0 Å². The fraction of sp³-hybridized carbons (Fsp3) is 0.300. The van der Waals surface area contributed by atoms with Crippen molar-refractivity contribution in [2.45, 2.75) is 13.5 Å². The minimum atomic E-state index is 0.0663. The Morgan fingerprint density at radius 2 is 2.38 bits per heavy atom. The SMILES string of the molecule is Cc1c2c(nn1-c1ncco1)CNCC2=O. The highest BCUT2D eigenvalue weighted by atomic mass is 16.4. The van der Waals surface area contributed by atoms with Gasteiger partial charge in [0.25, 0.3) is 0 Å². The standard InChI is InChI=1S/C10H10N4O2/c1-6-9-7(4-11-5-8(9)15)13-14(6)10-12-2-3-16-10/h2-3,11H,4-5H2,1H3. The molecule has 82 valence electrons. The van der Waals surface area contributed by atoms with Crippen molar-refractivity contribution < 1.29 is 9.21 Å². The summed E-state index contributed by atoms with van der Waals surface area (Å²) in [6.45, 7) is 2.82. The molecule has 6 heteroatoms. The fourth-order valence-corrected chi connectivity index (χ4v) is 1.94. The van der Waals surface area contributed by atoms with Gasteiger partial charge in [0.05, 0.1) is 29.7 Å². The van der Waals surface area contributed by atoms with Crippen LogP contribution in [0.1, 0.15) is 21.7 Å². The van der Waals surface area contributed by atoms with Crippen molar-refractivity contribution in [2.75, 3.05) is 6.54 Å². The van der Waals surface area contributed by atoms with Gasteiger partial charge in [-0.05, 0) is 6.92 Å². The Balaban J connectivity index is 2.19. The topological polar surface area (TPSA) is 73.0 Å². The summed E-state index contributed by atoms with van der Waals surface area (Å²) in [6, 6.07) is 0.389. The molecule has 0 saturated heterocycles. The molecular weight excluding hydrogens is 208 g/mol. The number of aromatic nitrogens is 3. The number of oxazole rings is 1. The summed E-state index contributed by atoms with van der Waals surface area (Å²) in [5, 5.41) is 7.32. The van der Waals surface area contributed by atoms with Crippen molar-refractivity contribution in [2.24, 2.45) is 0 Å². The predicted molar refractivity (Wildman–Crippen MR) is 54.4 cm³/mol. The summed E-state index contributed by atoms with van der Waals surface area (Å²) in [5.74, 6) is 0.0663. The summed E-state index contributed by atoms with van der Waals surface area (Å²) in [5.41, 5.74) is 2.23. The molecule has 2 aromatic heterocycles. The number of ketones is 1. The van der Waals surface area contributed by atoms with Gasteiger partial charge in [0.1, 0.15) is 6.26 Å². The summed E-state index contributed by atoms with van der Waals surface area (Å²) in [6.07, 6.45) is 3.03. The average Bonchev–Trinajstić information content (AvgIpc) is 2.86. The van der Waals surface area contributed by atoms with Gasteiger partial charge in [-0.2, -0.15) is 9.78 Å². The van der Waals surface area contributed by atoms with Crippen molar-refractivity contribution in [3.8, 4) is 6.01 Å². The lowest BCUT2D eigenvalue weighted by molar-refractivity contribution is 0.0981. The molecule has 0 fully saturated rings. The van der Waals surface area contributed by atoms with Crippen LogP contribution >= 0.6 is 0 Å². The number of hydrogen-bond donors (Lipinski definition) is 1. The molecule has 0 bridgehead atoms. The van der Waals surface area contributed by atoms with Gasteiger partial charge in [-0.3, -0.25) is 4.79 Å². The Labute approximate surface area is 91.3 Å². The van der Waals surface area contributed by atoms with Gasteiger partial charge >= 0.3 is 6.01 Å². The van der Waals surface area contributed by atoms with E-state index in [1.165, 1.54) is 6.26 Å². The average molecular weight is 218 g/mol. The van der Waals surface area contributed by atoms with Gasteiger partial charge in [0, 0.05) is 6.54 Å². The second-order valence-electron chi connectivity index (χ2n) is 3.66. The molecule has 2 aromatic rings. The minimum absolute atomic E-state index is 0.0663. The highest BCUT2D eigenvalue weighted by Crippen LogP contribution is 2.19. The Kier molecular flexibility index (Phi) is 1.90. The van der Waals surface area contributed by atoms with Crippen molar-refractivity contribution in [3.63, 3.8) is 0 Å². The Morgan fingerprint density at radius 3 is 3.06 bits per heavy atom. The van der Waals surface area contributed by atoms with Gasteiger partial charge in [-0.1, -0.05) is 0 Å². The third-order valence-electron chi connectivity index (χ3n) is 2.65. The second kappa shape index (κ2) is 3.28. The fourth-order valence-electron chi connectivity index (χ4n) is 1.94. The molecule has 1 aliphatic rings. The molecule has 0 atom stereocenters. The highest BCUT2D eigenvalue weighted by molar-refractivity contribution is 6.00. The van der Waals surface area contributed by atoms with E-state index in [0.29, 0.717) is 24.7 Å². The number of fused-ring (bicyclic) bond motifs is 1. The molecule has 1 N–H and O–H groups in total. The van der Waals surface area contributed by atoms with E-state index >= 15 is 0 Å². The molecule has 1 aliphatic heterocycles. The molecule has 3 rings (SSSR count). The normalized spacial score (nSPS) is 15.2. The number of nitrogens with one attached hydrogen (secondary N) is 1. The van der Waals surface area contributed by atoms with Crippen LogP contribution in [0.25, 0.3) is 6.01 Å². The number of nitrogens with zero attached hydrogens (tertiary/aromatic N) is 3. The van der Waals surface area contributed by atoms with Crippen LogP contribution in [0.3, 0.4) is 0 Å². The van der Waals surface area contributed by atoms with Gasteiger partial charge in [-0.15, -0.1) is 0 Å².